The van der Waals surface area contributed by atoms with Crippen molar-refractivity contribution in [1.29, 1.82) is 0 Å². The number of hydrogen-bond acceptors (Lipinski definition) is 5. The predicted molar refractivity (Wildman–Crippen MR) is 140 cm³/mol. The third kappa shape index (κ3) is 5.58. The average molecular weight is 529 g/mol. The molecule has 0 saturated heterocycles. The maximum absolute atomic E-state index is 13.1. The molecule has 0 saturated carbocycles. The van der Waals surface area contributed by atoms with Crippen molar-refractivity contribution in [2.45, 2.75) is 59.0 Å². The molecule has 0 aromatic heterocycles. The molecular formula is C28H33O8P. The molecule has 0 aliphatic carbocycles. The molecule has 0 unspecified atom stereocenters. The summed E-state index contributed by atoms with van der Waals surface area (Å²) in [6.45, 7) is 12.0. The van der Waals surface area contributed by atoms with Crippen LogP contribution in [0.25, 0.3) is 0 Å². The number of phenols is 2. The molecule has 8 nitrogen and oxygen atoms in total. The summed E-state index contributed by atoms with van der Waals surface area (Å²) in [4.78, 5) is 34.7. The molecule has 3 aromatic rings. The normalized spacial score (nSPS) is 14.3. The number of carbonyl (C=O) groups is 1. The summed E-state index contributed by atoms with van der Waals surface area (Å²) in [5.74, 6) is 0.271. The second kappa shape index (κ2) is 10.3. The molecule has 5 N–H and O–H groups in total. The molecule has 0 spiro atoms. The molecule has 0 fully saturated rings. The Labute approximate surface area is 216 Å². The van der Waals surface area contributed by atoms with E-state index in [9.17, 15) is 15.0 Å². The number of rotatable bonds is 4. The number of cyclic esters (lactones) is 1. The molecule has 0 amide bonds. The fourth-order valence-corrected chi connectivity index (χ4v) is 4.86. The van der Waals surface area contributed by atoms with Gasteiger partial charge < -0.3 is 29.6 Å². The molecule has 1 aliphatic rings. The minimum atomic E-state index is -4.64. The van der Waals surface area contributed by atoms with E-state index in [2.05, 4.69) is 0 Å². The lowest BCUT2D eigenvalue weighted by Crippen LogP contribution is -2.32. The van der Waals surface area contributed by atoms with E-state index in [1.807, 2.05) is 71.9 Å². The third-order valence-corrected chi connectivity index (χ3v) is 6.52. The van der Waals surface area contributed by atoms with Gasteiger partial charge in [-0.05, 0) is 78.3 Å². The second-order valence-corrected chi connectivity index (χ2v) is 10.9. The number of hydrogen-bond donors (Lipinski definition) is 5. The Bertz CT molecular complexity index is 1320. The highest BCUT2D eigenvalue weighted by molar-refractivity contribution is 7.45. The summed E-state index contributed by atoms with van der Waals surface area (Å²) < 4.78 is 15.2. The Morgan fingerprint density at radius 2 is 1.16 bits per heavy atom. The first-order valence-electron chi connectivity index (χ1n) is 11.9. The average Bonchev–Trinajstić information content (AvgIpc) is 3.05. The maximum atomic E-state index is 13.1. The molecule has 37 heavy (non-hydrogen) atoms. The standard InChI is InChI=1S/C28H30O4.H3O4P/c1-15(2)20-13-23(17(5)11-25(20)29)28(22-10-8-7-9-19(22)27(31)32-28)24-14-21(16(3)4)26(30)12-18(24)6;1-5(2,3)4/h7-16,29-30H,1-6H3;(H3,1,2,3,4). The first kappa shape index (κ1) is 28.4. The number of benzene rings is 3. The second-order valence-electron chi connectivity index (χ2n) is 9.89. The monoisotopic (exact) mass is 528 g/mol. The van der Waals surface area contributed by atoms with Crippen molar-refractivity contribution in [2.75, 3.05) is 0 Å². The van der Waals surface area contributed by atoms with Gasteiger partial charge in [0.2, 0.25) is 0 Å². The molecule has 0 radical (unpaired) electrons. The van der Waals surface area contributed by atoms with E-state index in [0.717, 1.165) is 38.9 Å². The largest absolute Gasteiger partial charge is 0.508 e. The van der Waals surface area contributed by atoms with Crippen molar-refractivity contribution in [1.82, 2.24) is 0 Å². The third-order valence-electron chi connectivity index (χ3n) is 6.52. The van der Waals surface area contributed by atoms with Crippen molar-refractivity contribution in [2.24, 2.45) is 0 Å². The van der Waals surface area contributed by atoms with E-state index in [0.29, 0.717) is 5.56 Å². The van der Waals surface area contributed by atoms with E-state index in [1.54, 1.807) is 18.2 Å². The highest BCUT2D eigenvalue weighted by Gasteiger charge is 2.50. The summed E-state index contributed by atoms with van der Waals surface area (Å²) in [7, 11) is -4.64. The Hall–Kier alpha value is -3.16. The van der Waals surface area contributed by atoms with Crippen LogP contribution in [0.5, 0.6) is 11.5 Å². The molecule has 198 valence electrons. The summed E-state index contributed by atoms with van der Waals surface area (Å²) in [5.41, 5.74) is 5.03. The molecular weight excluding hydrogens is 495 g/mol. The number of aryl methyl sites for hydroxylation is 2. The van der Waals surface area contributed by atoms with Gasteiger partial charge in [0.15, 0.2) is 5.60 Å². The molecule has 0 bridgehead atoms. The van der Waals surface area contributed by atoms with Gasteiger partial charge in [-0.25, -0.2) is 9.36 Å². The van der Waals surface area contributed by atoms with Crippen LogP contribution in [0.15, 0.2) is 48.5 Å². The van der Waals surface area contributed by atoms with Crippen molar-refractivity contribution in [3.8, 4) is 11.5 Å². The van der Waals surface area contributed by atoms with Crippen molar-refractivity contribution in [3.05, 3.63) is 93.0 Å². The van der Waals surface area contributed by atoms with Gasteiger partial charge in [-0.15, -0.1) is 0 Å². The van der Waals surface area contributed by atoms with E-state index in [4.69, 9.17) is 24.0 Å². The lowest BCUT2D eigenvalue weighted by atomic mass is 9.74. The highest BCUT2D eigenvalue weighted by Crippen LogP contribution is 2.51. The number of fused-ring (bicyclic) bond motifs is 1. The highest BCUT2D eigenvalue weighted by atomic mass is 31.2. The summed E-state index contributed by atoms with van der Waals surface area (Å²) in [5, 5.41) is 21.2. The van der Waals surface area contributed by atoms with Gasteiger partial charge in [-0.1, -0.05) is 45.9 Å². The van der Waals surface area contributed by atoms with E-state index in [-0.39, 0.29) is 29.3 Å². The quantitative estimate of drug-likeness (QED) is 0.221. The zero-order chi connectivity index (χ0) is 27.9. The summed E-state index contributed by atoms with van der Waals surface area (Å²) in [6, 6.07) is 14.9. The maximum Gasteiger partial charge on any atom is 0.466 e. The Balaban J connectivity index is 0.000000695. The number of aromatic hydroxyl groups is 2. The number of phenolic OH excluding ortho intramolecular Hbond substituents is 2. The van der Waals surface area contributed by atoms with Gasteiger partial charge in [0.25, 0.3) is 0 Å². The molecule has 4 rings (SSSR count). The van der Waals surface area contributed by atoms with Crippen LogP contribution in [0.4, 0.5) is 0 Å². The van der Waals surface area contributed by atoms with Gasteiger partial charge in [-0.3, -0.25) is 0 Å². The fourth-order valence-electron chi connectivity index (χ4n) is 4.86. The van der Waals surface area contributed by atoms with Crippen LogP contribution in [0.1, 0.15) is 88.8 Å². The lowest BCUT2D eigenvalue weighted by molar-refractivity contribution is 0.0247. The zero-order valence-corrected chi connectivity index (χ0v) is 22.6. The fraction of sp³-hybridized carbons (Fsp3) is 0.321. The number of ether oxygens (including phenoxy) is 1. The Morgan fingerprint density at radius 1 is 0.757 bits per heavy atom. The van der Waals surface area contributed by atoms with Crippen LogP contribution in [0, 0.1) is 13.8 Å². The minimum Gasteiger partial charge on any atom is -0.508 e. The van der Waals surface area contributed by atoms with Gasteiger partial charge in [-0.2, -0.15) is 0 Å². The van der Waals surface area contributed by atoms with Crippen molar-refractivity contribution < 1.29 is 39.0 Å². The molecule has 1 heterocycles. The molecule has 1 aliphatic heterocycles. The van der Waals surface area contributed by atoms with Gasteiger partial charge >= 0.3 is 13.8 Å². The van der Waals surface area contributed by atoms with Gasteiger partial charge in [0, 0.05) is 16.7 Å². The summed E-state index contributed by atoms with van der Waals surface area (Å²) in [6.07, 6.45) is 0. The van der Waals surface area contributed by atoms with Crippen LogP contribution in [-0.2, 0) is 14.9 Å². The zero-order valence-electron chi connectivity index (χ0n) is 21.7. The minimum absolute atomic E-state index is 0.0888. The topological polar surface area (TPSA) is 145 Å². The first-order valence-corrected chi connectivity index (χ1v) is 13.4. The van der Waals surface area contributed by atoms with Crippen LogP contribution in [0.3, 0.4) is 0 Å². The van der Waals surface area contributed by atoms with E-state index < -0.39 is 13.4 Å². The van der Waals surface area contributed by atoms with Gasteiger partial charge in [0.1, 0.15) is 11.5 Å². The first-order chi connectivity index (χ1) is 17.1. The van der Waals surface area contributed by atoms with E-state index in [1.165, 1.54) is 0 Å². The molecule has 0 atom stereocenters. The Morgan fingerprint density at radius 3 is 1.57 bits per heavy atom. The number of phosphoric acid groups is 1. The van der Waals surface area contributed by atoms with Crippen molar-refractivity contribution in [3.63, 3.8) is 0 Å². The number of carbonyl (C=O) groups excluding carboxylic acids is 1. The van der Waals surface area contributed by atoms with Crippen LogP contribution in [0.2, 0.25) is 0 Å². The number of esters is 1. The smallest absolute Gasteiger partial charge is 0.466 e. The molecule has 9 heteroatoms. The summed E-state index contributed by atoms with van der Waals surface area (Å²) >= 11 is 0. The van der Waals surface area contributed by atoms with Crippen molar-refractivity contribution >= 4 is 13.8 Å². The van der Waals surface area contributed by atoms with E-state index >= 15 is 0 Å². The van der Waals surface area contributed by atoms with Crippen LogP contribution >= 0.6 is 7.82 Å². The molecule has 3 aromatic carbocycles. The van der Waals surface area contributed by atoms with Crippen LogP contribution in [-0.4, -0.2) is 30.9 Å². The van der Waals surface area contributed by atoms with Crippen LogP contribution < -0.4 is 0 Å². The SMILES string of the molecule is Cc1cc(O)c(C(C)C)cc1C1(c2cc(C(C)C)c(O)cc2C)OC(=O)c2ccccc21.O=P(O)(O)O. The predicted octanol–water partition coefficient (Wildman–Crippen LogP) is 5.50. The lowest BCUT2D eigenvalue weighted by Gasteiger charge is -2.34. The van der Waals surface area contributed by atoms with Gasteiger partial charge in [0.05, 0.1) is 5.56 Å². The Kier molecular flexibility index (Phi) is 7.91.